The summed E-state index contributed by atoms with van der Waals surface area (Å²) in [6.07, 6.45) is 0.444. The number of nitrogens with one attached hydrogen (secondary N) is 2. The molecule has 0 bridgehead atoms. The Morgan fingerprint density at radius 3 is 2.53 bits per heavy atom. The van der Waals surface area contributed by atoms with Gasteiger partial charge in [0.05, 0.1) is 23.9 Å². The molecule has 0 saturated carbocycles. The fourth-order valence-electron chi connectivity index (χ4n) is 4.52. The van der Waals surface area contributed by atoms with E-state index in [0.29, 0.717) is 23.4 Å². The number of halogens is 1. The number of carbonyl (C=O) groups excluding carboxylic acids is 3. The lowest BCUT2D eigenvalue weighted by molar-refractivity contribution is -0.134. The molecule has 0 aromatic heterocycles. The Labute approximate surface area is 198 Å². The number of carbonyl (C=O) groups is 3. The van der Waals surface area contributed by atoms with E-state index in [0.717, 1.165) is 11.1 Å². The van der Waals surface area contributed by atoms with Crippen LogP contribution in [0.5, 0.6) is 0 Å². The first-order chi connectivity index (χ1) is 16.2. The van der Waals surface area contributed by atoms with Crippen molar-refractivity contribution in [1.29, 1.82) is 0 Å². The van der Waals surface area contributed by atoms with Gasteiger partial charge in [-0.2, -0.15) is 0 Å². The summed E-state index contributed by atoms with van der Waals surface area (Å²) < 4.78 is 13.3. The highest BCUT2D eigenvalue weighted by molar-refractivity contribution is 6.05. The molecule has 2 heterocycles. The van der Waals surface area contributed by atoms with Gasteiger partial charge in [-0.05, 0) is 49.1 Å². The standard InChI is InChI=1S/C26H29FN4O3/c1-15(2)12-20(24(32)28-19-10-8-18(27)9-11-19)31-14-21-22(25(31)33)23(29-26(34)30(21)4)17-7-5-6-16(3)13-17/h5-11,13,15,20,23H,12,14H2,1-4H3,(H,28,32)(H,29,34)/t20-,23+/m1/s1. The lowest BCUT2D eigenvalue weighted by Crippen LogP contribution is -2.47. The number of anilines is 1. The van der Waals surface area contributed by atoms with E-state index < -0.39 is 17.9 Å². The van der Waals surface area contributed by atoms with Crippen LogP contribution in [0.1, 0.15) is 37.4 Å². The van der Waals surface area contributed by atoms with Gasteiger partial charge in [-0.3, -0.25) is 14.5 Å². The predicted octanol–water partition coefficient (Wildman–Crippen LogP) is 3.98. The summed E-state index contributed by atoms with van der Waals surface area (Å²) in [5, 5.41) is 5.74. The molecule has 8 heteroatoms. The largest absolute Gasteiger partial charge is 0.327 e. The van der Waals surface area contributed by atoms with Crippen LogP contribution in [0.2, 0.25) is 0 Å². The highest BCUT2D eigenvalue weighted by Gasteiger charge is 2.46. The van der Waals surface area contributed by atoms with Gasteiger partial charge in [-0.25, -0.2) is 9.18 Å². The first kappa shape index (κ1) is 23.5. The number of benzene rings is 2. The number of hydrogen-bond acceptors (Lipinski definition) is 3. The molecule has 0 aliphatic carbocycles. The summed E-state index contributed by atoms with van der Waals surface area (Å²) >= 11 is 0. The van der Waals surface area contributed by atoms with Crippen molar-refractivity contribution in [2.24, 2.45) is 5.92 Å². The number of likely N-dealkylation sites (N-methyl/N-ethyl adjacent to an activating group) is 1. The second-order valence-corrected chi connectivity index (χ2v) is 9.29. The second kappa shape index (κ2) is 9.29. The number of hydrogen-bond donors (Lipinski definition) is 2. The van der Waals surface area contributed by atoms with E-state index in [9.17, 15) is 18.8 Å². The summed E-state index contributed by atoms with van der Waals surface area (Å²) in [5.41, 5.74) is 3.38. The van der Waals surface area contributed by atoms with Crippen LogP contribution in [-0.4, -0.2) is 47.3 Å². The van der Waals surface area contributed by atoms with Crippen LogP contribution >= 0.6 is 0 Å². The molecule has 2 aromatic rings. The van der Waals surface area contributed by atoms with Crippen LogP contribution in [0.25, 0.3) is 0 Å². The first-order valence-electron chi connectivity index (χ1n) is 11.4. The van der Waals surface area contributed by atoms with Crippen LogP contribution in [0.15, 0.2) is 59.8 Å². The van der Waals surface area contributed by atoms with Gasteiger partial charge < -0.3 is 15.5 Å². The van der Waals surface area contributed by atoms with Crippen molar-refractivity contribution in [2.45, 2.75) is 39.3 Å². The third-order valence-electron chi connectivity index (χ3n) is 6.25. The maximum absolute atomic E-state index is 13.7. The molecule has 2 aliphatic rings. The average Bonchev–Trinajstić information content (AvgIpc) is 3.13. The molecule has 4 amide bonds. The molecule has 2 N–H and O–H groups in total. The molecule has 2 atom stereocenters. The van der Waals surface area contributed by atoms with Crippen LogP contribution in [0, 0.1) is 18.7 Å². The summed E-state index contributed by atoms with van der Waals surface area (Å²) in [6.45, 7) is 6.09. The van der Waals surface area contributed by atoms with Crippen molar-refractivity contribution in [3.8, 4) is 0 Å². The van der Waals surface area contributed by atoms with Crippen molar-refractivity contribution < 1.29 is 18.8 Å². The van der Waals surface area contributed by atoms with Crippen molar-refractivity contribution in [3.05, 3.63) is 76.7 Å². The zero-order chi connectivity index (χ0) is 24.6. The number of rotatable bonds is 6. The van der Waals surface area contributed by atoms with Gasteiger partial charge in [0.15, 0.2) is 0 Å². The van der Waals surface area contributed by atoms with Crippen molar-refractivity contribution in [3.63, 3.8) is 0 Å². The minimum atomic E-state index is -0.746. The van der Waals surface area contributed by atoms with E-state index in [2.05, 4.69) is 10.6 Å². The van der Waals surface area contributed by atoms with Gasteiger partial charge in [0, 0.05) is 12.7 Å². The highest BCUT2D eigenvalue weighted by Crippen LogP contribution is 2.37. The van der Waals surface area contributed by atoms with Crippen LogP contribution in [0.4, 0.5) is 14.9 Å². The Hall–Kier alpha value is -3.68. The Bertz CT molecular complexity index is 1160. The third kappa shape index (κ3) is 4.53. The summed E-state index contributed by atoms with van der Waals surface area (Å²) in [4.78, 5) is 42.7. The van der Waals surface area contributed by atoms with Crippen molar-refractivity contribution in [2.75, 3.05) is 18.9 Å². The molecule has 0 spiro atoms. The third-order valence-corrected chi connectivity index (χ3v) is 6.25. The predicted molar refractivity (Wildman–Crippen MR) is 127 cm³/mol. The van der Waals surface area contributed by atoms with Gasteiger partial charge >= 0.3 is 6.03 Å². The quantitative estimate of drug-likeness (QED) is 0.679. The highest BCUT2D eigenvalue weighted by atomic mass is 19.1. The number of aryl methyl sites for hydroxylation is 1. The van der Waals surface area contributed by atoms with E-state index in [1.54, 1.807) is 11.9 Å². The fourth-order valence-corrected chi connectivity index (χ4v) is 4.52. The van der Waals surface area contributed by atoms with Gasteiger partial charge in [-0.15, -0.1) is 0 Å². The SMILES string of the molecule is Cc1cccc([C@@H]2NC(=O)N(C)C3=C2C(=O)N([C@H](CC(C)C)C(=O)Nc2ccc(F)cc2)C3)c1. The number of urea groups is 1. The molecular weight excluding hydrogens is 435 g/mol. The van der Waals surface area contributed by atoms with Gasteiger partial charge in [0.2, 0.25) is 5.91 Å². The maximum Gasteiger partial charge on any atom is 0.322 e. The molecule has 0 fully saturated rings. The molecule has 2 aromatic carbocycles. The van der Waals surface area contributed by atoms with Crippen LogP contribution < -0.4 is 10.6 Å². The second-order valence-electron chi connectivity index (χ2n) is 9.29. The van der Waals surface area contributed by atoms with E-state index >= 15 is 0 Å². The monoisotopic (exact) mass is 464 g/mol. The number of nitrogens with zero attached hydrogens (tertiary/aromatic N) is 2. The van der Waals surface area contributed by atoms with Crippen LogP contribution in [-0.2, 0) is 9.59 Å². The first-order valence-corrected chi connectivity index (χ1v) is 11.4. The Morgan fingerprint density at radius 1 is 1.18 bits per heavy atom. The van der Waals surface area contributed by atoms with E-state index in [-0.39, 0.29) is 30.3 Å². The molecule has 4 rings (SSSR count). The Balaban J connectivity index is 1.66. The zero-order valence-electron chi connectivity index (χ0n) is 19.8. The van der Waals surface area contributed by atoms with Crippen molar-refractivity contribution in [1.82, 2.24) is 15.1 Å². The average molecular weight is 465 g/mol. The topological polar surface area (TPSA) is 81.8 Å². The van der Waals surface area contributed by atoms with E-state index in [4.69, 9.17) is 0 Å². The van der Waals surface area contributed by atoms with Crippen LogP contribution in [0.3, 0.4) is 0 Å². The minimum absolute atomic E-state index is 0.138. The molecule has 34 heavy (non-hydrogen) atoms. The van der Waals surface area contributed by atoms with E-state index in [1.165, 1.54) is 29.2 Å². The van der Waals surface area contributed by atoms with Crippen molar-refractivity contribution >= 4 is 23.5 Å². The van der Waals surface area contributed by atoms with Gasteiger partial charge in [0.25, 0.3) is 5.91 Å². The zero-order valence-corrected chi connectivity index (χ0v) is 19.8. The molecule has 7 nitrogen and oxygen atoms in total. The summed E-state index contributed by atoms with van der Waals surface area (Å²) in [5.74, 6) is -0.874. The molecule has 178 valence electrons. The number of amides is 4. The lowest BCUT2D eigenvalue weighted by Gasteiger charge is -2.31. The molecule has 2 aliphatic heterocycles. The minimum Gasteiger partial charge on any atom is -0.327 e. The summed E-state index contributed by atoms with van der Waals surface area (Å²) in [6, 6.07) is 11.6. The van der Waals surface area contributed by atoms with Gasteiger partial charge in [0.1, 0.15) is 11.9 Å². The smallest absolute Gasteiger partial charge is 0.322 e. The Kier molecular flexibility index (Phi) is 6.41. The van der Waals surface area contributed by atoms with E-state index in [1.807, 2.05) is 45.0 Å². The molecular formula is C26H29FN4O3. The Morgan fingerprint density at radius 2 is 1.88 bits per heavy atom. The molecule has 0 unspecified atom stereocenters. The van der Waals surface area contributed by atoms with Gasteiger partial charge in [-0.1, -0.05) is 43.7 Å². The maximum atomic E-state index is 13.7. The lowest BCUT2D eigenvalue weighted by atomic mass is 9.94. The molecule has 0 radical (unpaired) electrons. The normalized spacial score (nSPS) is 18.8. The summed E-state index contributed by atoms with van der Waals surface area (Å²) in [7, 11) is 1.63. The molecule has 0 saturated heterocycles. The fraction of sp³-hybridized carbons (Fsp3) is 0.346.